The maximum absolute atomic E-state index is 12.9. The Morgan fingerprint density at radius 2 is 2.07 bits per heavy atom. The van der Waals surface area contributed by atoms with Gasteiger partial charge in [-0.1, -0.05) is 19.9 Å². The van der Waals surface area contributed by atoms with Gasteiger partial charge in [-0.25, -0.2) is 0 Å². The Morgan fingerprint density at radius 3 is 2.76 bits per heavy atom. The maximum Gasteiger partial charge on any atom is 0.287 e. The van der Waals surface area contributed by atoms with E-state index in [0.29, 0.717) is 30.4 Å². The Hall–Kier alpha value is -2.96. The van der Waals surface area contributed by atoms with Crippen LogP contribution in [0.4, 0.5) is 11.4 Å². The van der Waals surface area contributed by atoms with E-state index in [1.165, 1.54) is 6.20 Å². The van der Waals surface area contributed by atoms with E-state index < -0.39 is 4.92 Å². The summed E-state index contributed by atoms with van der Waals surface area (Å²) in [4.78, 5) is 27.7. The zero-order valence-corrected chi connectivity index (χ0v) is 17.4. The highest BCUT2D eigenvalue weighted by Crippen LogP contribution is 2.25. The molecule has 0 bridgehead atoms. The van der Waals surface area contributed by atoms with Crippen molar-refractivity contribution in [1.82, 2.24) is 10.3 Å². The molecule has 154 valence electrons. The molecule has 0 fully saturated rings. The lowest BCUT2D eigenvalue weighted by Crippen LogP contribution is -2.39. The third-order valence-electron chi connectivity index (χ3n) is 5.75. The van der Waals surface area contributed by atoms with E-state index in [1.807, 2.05) is 25.1 Å². The van der Waals surface area contributed by atoms with Crippen LogP contribution in [0, 0.1) is 23.0 Å². The number of anilines is 1. The first-order valence-corrected chi connectivity index (χ1v) is 10.1. The second-order valence-corrected chi connectivity index (χ2v) is 8.12. The predicted molar refractivity (Wildman–Crippen MR) is 113 cm³/mol. The molecule has 1 heterocycles. The zero-order chi connectivity index (χ0) is 21.1. The summed E-state index contributed by atoms with van der Waals surface area (Å²) in [7, 11) is 0. The average molecular weight is 396 g/mol. The SMILES string of the molecule is Cc1c(N[C@@H](C)C(C)C)cccc1C(=O)N[C@@H]1CCc2ncc([N+](=O)[O-])cc2C1. The number of nitro groups is 1. The number of nitrogens with zero attached hydrogens (tertiary/aromatic N) is 2. The van der Waals surface area contributed by atoms with Crippen molar-refractivity contribution in [3.63, 3.8) is 0 Å². The number of nitrogens with one attached hydrogen (secondary N) is 2. The number of benzene rings is 1. The van der Waals surface area contributed by atoms with Gasteiger partial charge in [0.05, 0.1) is 4.92 Å². The molecular weight excluding hydrogens is 368 g/mol. The predicted octanol–water partition coefficient (Wildman–Crippen LogP) is 4.04. The lowest BCUT2D eigenvalue weighted by atomic mass is 9.91. The summed E-state index contributed by atoms with van der Waals surface area (Å²) in [5, 5.41) is 17.6. The Labute approximate surface area is 171 Å². The van der Waals surface area contributed by atoms with Crippen LogP contribution < -0.4 is 10.6 Å². The van der Waals surface area contributed by atoms with Crippen LogP contribution in [0.2, 0.25) is 0 Å². The lowest BCUT2D eigenvalue weighted by Gasteiger charge is -2.25. The van der Waals surface area contributed by atoms with Crippen LogP contribution in [0.3, 0.4) is 0 Å². The van der Waals surface area contributed by atoms with Crippen molar-refractivity contribution in [2.75, 3.05) is 5.32 Å². The highest BCUT2D eigenvalue weighted by Gasteiger charge is 2.24. The number of carbonyl (C=O) groups excluding carboxylic acids is 1. The summed E-state index contributed by atoms with van der Waals surface area (Å²) in [6.45, 7) is 8.39. The summed E-state index contributed by atoms with van der Waals surface area (Å²) in [6.07, 6.45) is 3.32. The van der Waals surface area contributed by atoms with E-state index in [2.05, 4.69) is 36.4 Å². The number of amides is 1. The van der Waals surface area contributed by atoms with Crippen LogP contribution in [0.15, 0.2) is 30.5 Å². The molecule has 0 unspecified atom stereocenters. The molecule has 1 amide bonds. The van der Waals surface area contributed by atoms with Crippen molar-refractivity contribution in [3.8, 4) is 0 Å². The third kappa shape index (κ3) is 4.72. The third-order valence-corrected chi connectivity index (χ3v) is 5.75. The van der Waals surface area contributed by atoms with Gasteiger partial charge >= 0.3 is 0 Å². The average Bonchev–Trinajstić information content (AvgIpc) is 2.68. The van der Waals surface area contributed by atoms with Crippen LogP contribution in [-0.2, 0) is 12.8 Å². The number of fused-ring (bicyclic) bond motifs is 1. The molecule has 7 heteroatoms. The summed E-state index contributed by atoms with van der Waals surface area (Å²) in [5.41, 5.74) is 4.25. The van der Waals surface area contributed by atoms with Crippen LogP contribution >= 0.6 is 0 Å². The molecule has 0 spiro atoms. The van der Waals surface area contributed by atoms with Crippen molar-refractivity contribution in [2.24, 2.45) is 5.92 Å². The van der Waals surface area contributed by atoms with Crippen LogP contribution in [0.1, 0.15) is 54.4 Å². The van der Waals surface area contributed by atoms with Gasteiger partial charge in [-0.2, -0.15) is 0 Å². The van der Waals surface area contributed by atoms with Gasteiger partial charge in [0.2, 0.25) is 0 Å². The molecule has 0 aliphatic heterocycles. The first-order chi connectivity index (χ1) is 13.8. The van der Waals surface area contributed by atoms with Gasteiger partial charge in [-0.15, -0.1) is 0 Å². The number of pyridine rings is 1. The summed E-state index contributed by atoms with van der Waals surface area (Å²) in [6, 6.07) is 7.52. The molecule has 1 aliphatic rings. The summed E-state index contributed by atoms with van der Waals surface area (Å²) in [5.74, 6) is 0.363. The van der Waals surface area contributed by atoms with Gasteiger partial charge in [-0.05, 0) is 62.3 Å². The van der Waals surface area contributed by atoms with Crippen LogP contribution in [-0.4, -0.2) is 27.9 Å². The minimum atomic E-state index is -0.435. The maximum atomic E-state index is 12.9. The normalized spacial score (nSPS) is 16.8. The van der Waals surface area contributed by atoms with E-state index in [4.69, 9.17) is 0 Å². The number of hydrogen-bond donors (Lipinski definition) is 2. The van der Waals surface area contributed by atoms with Crippen molar-refractivity contribution < 1.29 is 9.72 Å². The second-order valence-electron chi connectivity index (χ2n) is 8.12. The fourth-order valence-corrected chi connectivity index (χ4v) is 3.54. The highest BCUT2D eigenvalue weighted by molar-refractivity contribution is 5.97. The van der Waals surface area contributed by atoms with Gasteiger partial charge in [0, 0.05) is 35.1 Å². The molecule has 2 aromatic rings. The van der Waals surface area contributed by atoms with Gasteiger partial charge in [0.15, 0.2) is 0 Å². The minimum Gasteiger partial charge on any atom is -0.382 e. The molecule has 7 nitrogen and oxygen atoms in total. The first-order valence-electron chi connectivity index (χ1n) is 10.1. The Balaban J connectivity index is 1.73. The Morgan fingerprint density at radius 1 is 1.31 bits per heavy atom. The van der Waals surface area contributed by atoms with E-state index in [9.17, 15) is 14.9 Å². The van der Waals surface area contributed by atoms with Crippen molar-refractivity contribution in [3.05, 3.63) is 63.0 Å². The summed E-state index contributed by atoms with van der Waals surface area (Å²) < 4.78 is 0. The topological polar surface area (TPSA) is 97.2 Å². The van der Waals surface area contributed by atoms with Gasteiger partial charge in [0.25, 0.3) is 11.6 Å². The van der Waals surface area contributed by atoms with E-state index >= 15 is 0 Å². The fourth-order valence-electron chi connectivity index (χ4n) is 3.54. The molecule has 1 aliphatic carbocycles. The van der Waals surface area contributed by atoms with Crippen LogP contribution in [0.25, 0.3) is 0 Å². The van der Waals surface area contributed by atoms with Crippen molar-refractivity contribution in [2.45, 2.75) is 59.0 Å². The summed E-state index contributed by atoms with van der Waals surface area (Å²) >= 11 is 0. The standard InChI is InChI=1S/C22H28N4O3/c1-13(2)15(4)24-20-7-5-6-19(14(20)3)22(27)25-17-8-9-21-16(10-17)11-18(12-23-21)26(28)29/h5-7,11-13,15,17,24H,8-10H2,1-4H3,(H,25,27)/t15-,17+/m0/s1. The van der Waals surface area contributed by atoms with Crippen molar-refractivity contribution >= 4 is 17.3 Å². The minimum absolute atomic E-state index is 0.00961. The molecule has 0 radical (unpaired) electrons. The van der Waals surface area contributed by atoms with E-state index in [1.54, 1.807) is 6.07 Å². The lowest BCUT2D eigenvalue weighted by molar-refractivity contribution is -0.385. The Bertz CT molecular complexity index is 926. The quantitative estimate of drug-likeness (QED) is 0.567. The number of aromatic nitrogens is 1. The molecular formula is C22H28N4O3. The Kier molecular flexibility index (Phi) is 6.15. The largest absolute Gasteiger partial charge is 0.382 e. The molecule has 0 saturated carbocycles. The van der Waals surface area contributed by atoms with Gasteiger partial charge in [0.1, 0.15) is 6.20 Å². The first kappa shape index (κ1) is 20.8. The highest BCUT2D eigenvalue weighted by atomic mass is 16.6. The molecule has 3 rings (SSSR count). The molecule has 2 atom stereocenters. The van der Waals surface area contributed by atoms with Gasteiger partial charge in [-0.3, -0.25) is 19.9 Å². The van der Waals surface area contributed by atoms with Gasteiger partial charge < -0.3 is 10.6 Å². The van der Waals surface area contributed by atoms with E-state index in [-0.39, 0.29) is 17.6 Å². The number of carbonyl (C=O) groups is 1. The number of aryl methyl sites for hydroxylation is 1. The molecule has 1 aromatic heterocycles. The molecule has 29 heavy (non-hydrogen) atoms. The zero-order valence-electron chi connectivity index (χ0n) is 17.4. The molecule has 0 saturated heterocycles. The van der Waals surface area contributed by atoms with E-state index in [0.717, 1.165) is 28.9 Å². The van der Waals surface area contributed by atoms with Crippen LogP contribution in [0.5, 0.6) is 0 Å². The second kappa shape index (κ2) is 8.59. The monoisotopic (exact) mass is 396 g/mol. The number of hydrogen-bond acceptors (Lipinski definition) is 5. The fraction of sp³-hybridized carbons (Fsp3) is 0.455. The molecule has 1 aromatic carbocycles. The smallest absolute Gasteiger partial charge is 0.287 e. The molecule has 2 N–H and O–H groups in total. The number of rotatable bonds is 6. The van der Waals surface area contributed by atoms with Crippen molar-refractivity contribution in [1.29, 1.82) is 0 Å².